The zero-order chi connectivity index (χ0) is 9.70. The van der Waals surface area contributed by atoms with Crippen molar-refractivity contribution in [3.63, 3.8) is 0 Å². The largest absolute Gasteiger partial charge is 0.372 e. The summed E-state index contributed by atoms with van der Waals surface area (Å²) in [6.45, 7) is 0. The van der Waals surface area contributed by atoms with Crippen LogP contribution < -0.4 is 17.2 Å². The molecule has 0 aliphatic rings. The van der Waals surface area contributed by atoms with Crippen molar-refractivity contribution in [2.45, 2.75) is 0 Å². The van der Waals surface area contributed by atoms with Crippen LogP contribution in [0.2, 0.25) is 0 Å². The average Bonchev–Trinajstić information content (AvgIpc) is 1.91. The monoisotopic (exact) mass is 183 g/mol. The Bertz CT molecular complexity index is 103. The lowest BCUT2D eigenvalue weighted by Gasteiger charge is -1.71. The lowest BCUT2D eigenvalue weighted by molar-refractivity contribution is -0.115. The predicted octanol–water partition coefficient (Wildman–Crippen LogP) is -2.09. The Labute approximate surface area is 68.7 Å². The number of amides is 3. The maximum atomic E-state index is 9.46. The van der Waals surface area contributed by atoms with E-state index in [0.717, 1.165) is 0 Å². The van der Waals surface area contributed by atoms with Crippen molar-refractivity contribution in [2.75, 3.05) is 5.88 Å². The van der Waals surface area contributed by atoms with E-state index in [-0.39, 0.29) is 18.7 Å². The van der Waals surface area contributed by atoms with Crippen LogP contribution in [0.4, 0.5) is 0 Å². The van der Waals surface area contributed by atoms with Crippen molar-refractivity contribution >= 4 is 30.3 Å². The number of carbonyl (C=O) groups is 3. The first-order valence-electron chi connectivity index (χ1n) is 2.25. The second-order valence-corrected chi connectivity index (χ2v) is 1.14. The van der Waals surface area contributed by atoms with Crippen molar-refractivity contribution in [1.29, 1.82) is 0 Å². The fourth-order valence-electron chi connectivity index (χ4n) is 0. The van der Waals surface area contributed by atoms with Crippen molar-refractivity contribution in [3.05, 3.63) is 0 Å². The summed E-state index contributed by atoms with van der Waals surface area (Å²) in [5, 5.41) is 0. The molecule has 0 rings (SSSR count). The Morgan fingerprint density at radius 2 is 1.36 bits per heavy atom. The van der Waals surface area contributed by atoms with Gasteiger partial charge in [-0.1, -0.05) is 0 Å². The first-order chi connectivity index (χ1) is 5.10. The van der Waals surface area contributed by atoms with Crippen LogP contribution >= 0.6 is 11.6 Å². The summed E-state index contributed by atoms with van der Waals surface area (Å²) in [6, 6.07) is 0. The molecule has 0 spiro atoms. The average molecular weight is 184 g/mol. The summed E-state index contributed by atoms with van der Waals surface area (Å²) in [7, 11) is 0. The Hall–Kier alpha value is -1.30. The van der Waals surface area contributed by atoms with Gasteiger partial charge in [-0.3, -0.25) is 14.4 Å². The minimum atomic E-state index is -0.480. The van der Waals surface area contributed by atoms with Gasteiger partial charge in [-0.15, -0.1) is 11.6 Å². The molecule has 3 amide bonds. The third kappa shape index (κ3) is 797. The second kappa shape index (κ2) is 23.4. The van der Waals surface area contributed by atoms with Gasteiger partial charge in [0.1, 0.15) is 5.88 Å². The number of halogens is 1. The highest BCUT2D eigenvalue weighted by molar-refractivity contribution is 6.27. The number of carbonyl (C=O) groups excluding carboxylic acids is 3. The summed E-state index contributed by atoms with van der Waals surface area (Å²) >= 11 is 4.86. The van der Waals surface area contributed by atoms with Gasteiger partial charge in [0, 0.05) is 0 Å². The summed E-state index contributed by atoms with van der Waals surface area (Å²) in [4.78, 5) is 26.6. The topological polar surface area (TPSA) is 129 Å². The standard InChI is InChI=1S/C2H4ClNO.2CH3NO/c3-1-2(4)5;2*2-1-3/h1H2,(H2,4,5);2*1H,(H2,2,3). The fraction of sp³-hybridized carbons (Fsp3) is 0.250. The maximum Gasteiger partial charge on any atom is 0.232 e. The normalized spacial score (nSPS) is 5.55. The number of hydrogen-bond acceptors (Lipinski definition) is 3. The second-order valence-electron chi connectivity index (χ2n) is 0.872. The van der Waals surface area contributed by atoms with E-state index in [2.05, 4.69) is 17.2 Å². The smallest absolute Gasteiger partial charge is 0.232 e. The molecule has 0 fully saturated rings. The Morgan fingerprint density at radius 1 is 1.27 bits per heavy atom. The van der Waals surface area contributed by atoms with Crippen LogP contribution in [0.3, 0.4) is 0 Å². The molecule has 0 unspecified atom stereocenters. The van der Waals surface area contributed by atoms with Crippen LogP contribution in [0.5, 0.6) is 0 Å². The highest BCUT2D eigenvalue weighted by Crippen LogP contribution is 1.64. The number of hydrogen-bond donors (Lipinski definition) is 3. The third-order valence-corrected chi connectivity index (χ3v) is 0.395. The van der Waals surface area contributed by atoms with Crippen LogP contribution in [-0.2, 0) is 14.4 Å². The minimum Gasteiger partial charge on any atom is -0.372 e. The number of rotatable bonds is 1. The van der Waals surface area contributed by atoms with E-state index in [1.165, 1.54) is 0 Å². The van der Waals surface area contributed by atoms with Crippen LogP contribution in [0.1, 0.15) is 0 Å². The SMILES string of the molecule is NC(=O)CCl.NC=O.NC=O. The van der Waals surface area contributed by atoms with E-state index < -0.39 is 5.91 Å². The predicted molar refractivity (Wildman–Crippen MR) is 40.4 cm³/mol. The molecule has 0 aromatic rings. The number of primary amides is 3. The first kappa shape index (κ1) is 16.4. The molecule has 0 saturated heterocycles. The van der Waals surface area contributed by atoms with Crippen LogP contribution in [-0.4, -0.2) is 24.6 Å². The van der Waals surface area contributed by atoms with Gasteiger partial charge in [0.2, 0.25) is 18.7 Å². The molecule has 0 bridgehead atoms. The quantitative estimate of drug-likeness (QED) is 0.318. The first-order valence-corrected chi connectivity index (χ1v) is 2.79. The van der Waals surface area contributed by atoms with Crippen molar-refractivity contribution < 1.29 is 14.4 Å². The van der Waals surface area contributed by atoms with Crippen LogP contribution in [0.15, 0.2) is 0 Å². The summed E-state index contributed by atoms with van der Waals surface area (Å²) in [6.07, 6.45) is 0.500. The van der Waals surface area contributed by atoms with Gasteiger partial charge in [0.25, 0.3) is 0 Å². The van der Waals surface area contributed by atoms with E-state index in [4.69, 9.17) is 21.2 Å². The highest BCUT2D eigenvalue weighted by Gasteiger charge is 1.79. The van der Waals surface area contributed by atoms with Gasteiger partial charge < -0.3 is 17.2 Å². The molecule has 0 aliphatic carbocycles. The highest BCUT2D eigenvalue weighted by atomic mass is 35.5. The number of alkyl halides is 1. The Morgan fingerprint density at radius 3 is 1.36 bits per heavy atom. The summed E-state index contributed by atoms with van der Waals surface area (Å²) in [5.74, 6) is -0.563. The van der Waals surface area contributed by atoms with Crippen molar-refractivity contribution in [1.82, 2.24) is 0 Å². The van der Waals surface area contributed by atoms with Gasteiger partial charge in [-0.05, 0) is 0 Å². The molecule has 7 heteroatoms. The summed E-state index contributed by atoms with van der Waals surface area (Å²) < 4.78 is 0. The Kier molecular flexibility index (Phi) is 34.7. The Balaban J connectivity index is -0.0000000933. The zero-order valence-electron chi connectivity index (χ0n) is 5.70. The molecule has 0 aliphatic heterocycles. The summed E-state index contributed by atoms with van der Waals surface area (Å²) in [5.41, 5.74) is 12.9. The molecule has 0 heterocycles. The van der Waals surface area contributed by atoms with E-state index in [0.29, 0.717) is 0 Å². The van der Waals surface area contributed by atoms with Crippen molar-refractivity contribution in [3.8, 4) is 0 Å². The lowest BCUT2D eigenvalue weighted by atomic mass is 10.8. The van der Waals surface area contributed by atoms with Crippen LogP contribution in [0.25, 0.3) is 0 Å². The molecular formula is C4H10ClN3O3. The van der Waals surface area contributed by atoms with Crippen molar-refractivity contribution in [2.24, 2.45) is 17.2 Å². The molecule has 0 saturated carbocycles. The van der Waals surface area contributed by atoms with Gasteiger partial charge in [0.05, 0.1) is 0 Å². The molecule has 0 atom stereocenters. The molecular weight excluding hydrogens is 174 g/mol. The van der Waals surface area contributed by atoms with E-state index in [1.54, 1.807) is 0 Å². The molecule has 66 valence electrons. The minimum absolute atomic E-state index is 0.0833. The molecule has 0 aromatic heterocycles. The molecule has 0 radical (unpaired) electrons. The van der Waals surface area contributed by atoms with Gasteiger partial charge in [-0.25, -0.2) is 0 Å². The lowest BCUT2D eigenvalue weighted by Crippen LogP contribution is -2.10. The van der Waals surface area contributed by atoms with Gasteiger partial charge in [-0.2, -0.15) is 0 Å². The van der Waals surface area contributed by atoms with E-state index in [1.807, 2.05) is 0 Å². The molecule has 6 nitrogen and oxygen atoms in total. The van der Waals surface area contributed by atoms with Gasteiger partial charge in [0.15, 0.2) is 0 Å². The molecule has 6 N–H and O–H groups in total. The van der Waals surface area contributed by atoms with E-state index in [9.17, 15) is 4.79 Å². The zero-order valence-corrected chi connectivity index (χ0v) is 6.45. The fourth-order valence-corrected chi connectivity index (χ4v) is 0. The molecule has 11 heavy (non-hydrogen) atoms. The molecule has 0 aromatic carbocycles. The maximum absolute atomic E-state index is 9.46. The van der Waals surface area contributed by atoms with E-state index >= 15 is 0 Å². The van der Waals surface area contributed by atoms with Gasteiger partial charge >= 0.3 is 0 Å². The number of nitrogens with two attached hydrogens (primary N) is 3. The third-order valence-electron chi connectivity index (χ3n) is 0.132. The van der Waals surface area contributed by atoms with Crippen LogP contribution in [0, 0.1) is 0 Å².